The van der Waals surface area contributed by atoms with E-state index in [9.17, 15) is 4.79 Å². The van der Waals surface area contributed by atoms with Crippen molar-refractivity contribution in [2.75, 3.05) is 44.2 Å². The van der Waals surface area contributed by atoms with Crippen molar-refractivity contribution in [2.45, 2.75) is 57.7 Å². The standard InChI is InChI=1S/C24H34N6O2/c31-24(21-4-3-17-32-21)25-11-9-22-26-27-23-10-14-28(15-16-30(22)23)18-19-5-7-20(8-6-19)29-12-1-2-13-29/h5-8,21H,1-4,9-18H2,(H,25,31)/t21-/m1/s1. The predicted octanol–water partition coefficient (Wildman–Crippen LogP) is 1.77. The van der Waals surface area contributed by atoms with Crippen LogP contribution in [0.1, 0.15) is 42.9 Å². The van der Waals surface area contributed by atoms with Crippen LogP contribution in [-0.2, 0) is 35.5 Å². The number of amides is 1. The summed E-state index contributed by atoms with van der Waals surface area (Å²) in [5.74, 6) is 2.02. The zero-order valence-corrected chi connectivity index (χ0v) is 18.8. The average molecular weight is 439 g/mol. The topological polar surface area (TPSA) is 75.5 Å². The molecular formula is C24H34N6O2. The number of fused-ring (bicyclic) bond motifs is 1. The molecule has 0 spiro atoms. The molecule has 8 heteroatoms. The molecule has 0 saturated carbocycles. The van der Waals surface area contributed by atoms with Crippen LogP contribution < -0.4 is 10.2 Å². The summed E-state index contributed by atoms with van der Waals surface area (Å²) < 4.78 is 7.69. The highest BCUT2D eigenvalue weighted by molar-refractivity contribution is 5.80. The fourth-order valence-corrected chi connectivity index (χ4v) is 5.01. The van der Waals surface area contributed by atoms with E-state index in [1.54, 1.807) is 0 Å². The van der Waals surface area contributed by atoms with Crippen molar-refractivity contribution < 1.29 is 9.53 Å². The van der Waals surface area contributed by atoms with Gasteiger partial charge in [0.25, 0.3) is 0 Å². The molecule has 0 unspecified atom stereocenters. The van der Waals surface area contributed by atoms with Crippen LogP contribution in [0.3, 0.4) is 0 Å². The number of benzene rings is 1. The Hall–Kier alpha value is -2.45. The first-order valence-electron chi connectivity index (χ1n) is 12.1. The fourth-order valence-electron chi connectivity index (χ4n) is 5.01. The van der Waals surface area contributed by atoms with E-state index in [0.717, 1.165) is 57.1 Å². The lowest BCUT2D eigenvalue weighted by Gasteiger charge is -2.21. The van der Waals surface area contributed by atoms with Gasteiger partial charge in [-0.3, -0.25) is 9.69 Å². The Morgan fingerprint density at radius 3 is 2.66 bits per heavy atom. The van der Waals surface area contributed by atoms with E-state index in [1.165, 1.54) is 37.2 Å². The minimum Gasteiger partial charge on any atom is -0.372 e. The summed E-state index contributed by atoms with van der Waals surface area (Å²) in [6.45, 7) is 7.46. The number of nitrogens with one attached hydrogen (secondary N) is 1. The van der Waals surface area contributed by atoms with E-state index in [2.05, 4.69) is 54.1 Å². The molecule has 1 atom stereocenters. The van der Waals surface area contributed by atoms with Gasteiger partial charge in [-0.2, -0.15) is 0 Å². The molecule has 2 saturated heterocycles. The normalized spacial score (nSPS) is 21.5. The molecule has 1 amide bonds. The predicted molar refractivity (Wildman–Crippen MR) is 123 cm³/mol. The number of rotatable bonds is 7. The van der Waals surface area contributed by atoms with Gasteiger partial charge >= 0.3 is 0 Å². The molecule has 1 N–H and O–H groups in total. The van der Waals surface area contributed by atoms with E-state index in [1.807, 2.05) is 0 Å². The smallest absolute Gasteiger partial charge is 0.249 e. The summed E-state index contributed by atoms with van der Waals surface area (Å²) in [4.78, 5) is 17.1. The molecule has 3 aliphatic rings. The second-order valence-corrected chi connectivity index (χ2v) is 9.11. The van der Waals surface area contributed by atoms with Crippen molar-refractivity contribution in [3.8, 4) is 0 Å². The quantitative estimate of drug-likeness (QED) is 0.710. The number of hydrogen-bond donors (Lipinski definition) is 1. The molecular weight excluding hydrogens is 404 g/mol. The SMILES string of the molecule is O=C(NCCc1nnc2n1CCN(Cc1ccc(N3CCCC3)cc1)CC2)[C@H]1CCCO1. The van der Waals surface area contributed by atoms with Crippen LogP contribution in [0.25, 0.3) is 0 Å². The Balaban J connectivity index is 1.12. The number of hydrogen-bond acceptors (Lipinski definition) is 6. The van der Waals surface area contributed by atoms with Crippen molar-refractivity contribution in [1.29, 1.82) is 0 Å². The zero-order chi connectivity index (χ0) is 21.8. The Morgan fingerprint density at radius 2 is 1.88 bits per heavy atom. The van der Waals surface area contributed by atoms with Gasteiger partial charge in [-0.1, -0.05) is 12.1 Å². The molecule has 0 bridgehead atoms. The molecule has 32 heavy (non-hydrogen) atoms. The lowest BCUT2D eigenvalue weighted by molar-refractivity contribution is -0.130. The largest absolute Gasteiger partial charge is 0.372 e. The summed E-state index contributed by atoms with van der Waals surface area (Å²) in [6.07, 6.45) is 5.73. The maximum atomic E-state index is 12.1. The van der Waals surface area contributed by atoms with E-state index < -0.39 is 0 Å². The summed E-state index contributed by atoms with van der Waals surface area (Å²) in [6, 6.07) is 9.11. The van der Waals surface area contributed by atoms with Crippen LogP contribution in [-0.4, -0.2) is 71.0 Å². The Kier molecular flexibility index (Phi) is 6.69. The van der Waals surface area contributed by atoms with Gasteiger partial charge in [0, 0.05) is 70.9 Å². The van der Waals surface area contributed by atoms with Crippen molar-refractivity contribution >= 4 is 11.6 Å². The second-order valence-electron chi connectivity index (χ2n) is 9.11. The van der Waals surface area contributed by atoms with Gasteiger partial charge in [-0.15, -0.1) is 10.2 Å². The molecule has 172 valence electrons. The molecule has 8 nitrogen and oxygen atoms in total. The summed E-state index contributed by atoms with van der Waals surface area (Å²) in [5, 5.41) is 11.8. The molecule has 4 heterocycles. The van der Waals surface area contributed by atoms with Gasteiger partial charge in [0.05, 0.1) is 0 Å². The molecule has 0 aliphatic carbocycles. The van der Waals surface area contributed by atoms with E-state index in [0.29, 0.717) is 19.6 Å². The number of ether oxygens (including phenoxy) is 1. The summed E-state index contributed by atoms with van der Waals surface area (Å²) in [5.41, 5.74) is 2.72. The van der Waals surface area contributed by atoms with Crippen LogP contribution in [0.5, 0.6) is 0 Å². The van der Waals surface area contributed by atoms with Crippen molar-refractivity contribution in [3.63, 3.8) is 0 Å². The number of nitrogens with zero attached hydrogens (tertiary/aromatic N) is 5. The molecule has 2 fully saturated rings. The van der Waals surface area contributed by atoms with E-state index in [4.69, 9.17) is 4.74 Å². The summed E-state index contributed by atoms with van der Waals surface area (Å²) >= 11 is 0. The molecule has 5 rings (SSSR count). The van der Waals surface area contributed by atoms with Crippen LogP contribution in [0.15, 0.2) is 24.3 Å². The summed E-state index contributed by atoms with van der Waals surface area (Å²) in [7, 11) is 0. The molecule has 3 aliphatic heterocycles. The first-order valence-corrected chi connectivity index (χ1v) is 12.1. The highest BCUT2D eigenvalue weighted by Gasteiger charge is 2.24. The van der Waals surface area contributed by atoms with Gasteiger partial charge in [0.15, 0.2) is 0 Å². The van der Waals surface area contributed by atoms with Gasteiger partial charge in [0.2, 0.25) is 5.91 Å². The molecule has 0 radical (unpaired) electrons. The molecule has 2 aromatic rings. The van der Waals surface area contributed by atoms with E-state index in [-0.39, 0.29) is 12.0 Å². The first-order chi connectivity index (χ1) is 15.8. The highest BCUT2D eigenvalue weighted by Crippen LogP contribution is 2.21. The maximum Gasteiger partial charge on any atom is 0.249 e. The van der Waals surface area contributed by atoms with Crippen LogP contribution in [0.2, 0.25) is 0 Å². The average Bonchev–Trinajstić information content (AvgIpc) is 3.57. The van der Waals surface area contributed by atoms with Crippen LogP contribution >= 0.6 is 0 Å². The zero-order valence-electron chi connectivity index (χ0n) is 18.8. The van der Waals surface area contributed by atoms with Crippen molar-refractivity contribution in [1.82, 2.24) is 25.0 Å². The van der Waals surface area contributed by atoms with Gasteiger partial charge in [0.1, 0.15) is 17.8 Å². The number of aromatic nitrogens is 3. The highest BCUT2D eigenvalue weighted by atomic mass is 16.5. The van der Waals surface area contributed by atoms with Gasteiger partial charge < -0.3 is 19.5 Å². The van der Waals surface area contributed by atoms with Crippen molar-refractivity contribution in [2.24, 2.45) is 0 Å². The third-order valence-electron chi connectivity index (χ3n) is 6.88. The third-order valence-corrected chi connectivity index (χ3v) is 6.88. The van der Waals surface area contributed by atoms with Crippen LogP contribution in [0, 0.1) is 0 Å². The maximum absolute atomic E-state index is 12.1. The first kappa shape index (κ1) is 21.4. The Labute approximate surface area is 189 Å². The number of anilines is 1. The van der Waals surface area contributed by atoms with Gasteiger partial charge in [-0.25, -0.2) is 0 Å². The fraction of sp³-hybridized carbons (Fsp3) is 0.625. The minimum atomic E-state index is -0.275. The lowest BCUT2D eigenvalue weighted by Crippen LogP contribution is -2.35. The number of carbonyl (C=O) groups excluding carboxylic acids is 1. The lowest BCUT2D eigenvalue weighted by atomic mass is 10.2. The van der Waals surface area contributed by atoms with Crippen LogP contribution in [0.4, 0.5) is 5.69 Å². The van der Waals surface area contributed by atoms with E-state index >= 15 is 0 Å². The molecule has 1 aromatic heterocycles. The minimum absolute atomic E-state index is 0.0000278. The Bertz CT molecular complexity index is 900. The monoisotopic (exact) mass is 438 g/mol. The molecule has 1 aromatic carbocycles. The Morgan fingerprint density at radius 1 is 1.03 bits per heavy atom. The van der Waals surface area contributed by atoms with Crippen molar-refractivity contribution in [3.05, 3.63) is 41.5 Å². The second kappa shape index (κ2) is 10.0. The number of carbonyl (C=O) groups is 1. The van der Waals surface area contributed by atoms with Gasteiger partial charge in [-0.05, 0) is 43.4 Å². The third kappa shape index (κ3) is 4.96.